The second kappa shape index (κ2) is 8.44. The number of carbonyl (C=O) groups excluding carboxylic acids is 2. The van der Waals surface area contributed by atoms with E-state index in [2.05, 4.69) is 5.32 Å². The number of halogens is 2. The summed E-state index contributed by atoms with van der Waals surface area (Å²) < 4.78 is 26.3. The predicted molar refractivity (Wildman–Crippen MR) is 89.3 cm³/mol. The summed E-state index contributed by atoms with van der Waals surface area (Å²) in [5.41, 5.74) is 6.55. The van der Waals surface area contributed by atoms with Crippen molar-refractivity contribution < 1.29 is 18.4 Å². The highest BCUT2D eigenvalue weighted by Gasteiger charge is 2.17. The number of rotatable bonds is 7. The third kappa shape index (κ3) is 5.34. The molecule has 0 bridgehead atoms. The summed E-state index contributed by atoms with van der Waals surface area (Å²) in [6, 6.07) is 11.8. The van der Waals surface area contributed by atoms with Crippen LogP contribution in [0.1, 0.15) is 16.4 Å². The Morgan fingerprint density at radius 1 is 0.958 bits per heavy atom. The second-order valence-electron chi connectivity index (χ2n) is 5.04. The van der Waals surface area contributed by atoms with Gasteiger partial charge in [-0.25, -0.2) is 8.78 Å². The minimum absolute atomic E-state index is 0.0761. The molecule has 0 fully saturated rings. The van der Waals surface area contributed by atoms with Gasteiger partial charge in [0.15, 0.2) is 0 Å². The summed E-state index contributed by atoms with van der Waals surface area (Å²) >= 11 is 1.29. The minimum Gasteiger partial charge on any atom is -0.368 e. The van der Waals surface area contributed by atoms with Crippen molar-refractivity contribution in [3.63, 3.8) is 0 Å². The fourth-order valence-corrected chi connectivity index (χ4v) is 3.18. The van der Waals surface area contributed by atoms with Gasteiger partial charge in [-0.3, -0.25) is 9.59 Å². The third-order valence-electron chi connectivity index (χ3n) is 3.19. The van der Waals surface area contributed by atoms with Crippen LogP contribution in [0.25, 0.3) is 0 Å². The van der Waals surface area contributed by atoms with Gasteiger partial charge in [-0.2, -0.15) is 0 Å². The molecule has 0 aliphatic carbocycles. The van der Waals surface area contributed by atoms with E-state index in [-0.39, 0.29) is 35.1 Å². The Balaban J connectivity index is 2.14. The van der Waals surface area contributed by atoms with Crippen molar-refractivity contribution in [1.82, 2.24) is 5.32 Å². The van der Waals surface area contributed by atoms with Crippen LogP contribution in [0, 0.1) is 11.6 Å². The third-order valence-corrected chi connectivity index (χ3v) is 4.49. The van der Waals surface area contributed by atoms with E-state index < -0.39 is 5.91 Å². The summed E-state index contributed by atoms with van der Waals surface area (Å²) in [4.78, 5) is 22.4. The predicted octanol–water partition coefficient (Wildman–Crippen LogP) is 2.39. The number of amides is 2. The molecule has 7 heteroatoms. The molecule has 2 amide bonds. The van der Waals surface area contributed by atoms with Gasteiger partial charge in [-0.15, -0.1) is 11.8 Å². The first-order valence-electron chi connectivity index (χ1n) is 7.13. The molecule has 2 aromatic rings. The van der Waals surface area contributed by atoms with Crippen LogP contribution >= 0.6 is 11.8 Å². The van der Waals surface area contributed by atoms with Crippen molar-refractivity contribution in [1.29, 1.82) is 0 Å². The Labute approximate surface area is 142 Å². The number of hydrogen-bond donors (Lipinski definition) is 2. The van der Waals surface area contributed by atoms with Gasteiger partial charge in [0.1, 0.15) is 11.6 Å². The SMILES string of the molecule is NC(=O)CNC(=O)CSC(c1ccc(F)cc1)c1ccc(F)cc1. The molecule has 2 aromatic carbocycles. The lowest BCUT2D eigenvalue weighted by Crippen LogP contribution is -2.34. The molecule has 0 heterocycles. The second-order valence-corrected chi connectivity index (χ2v) is 6.13. The molecule has 0 spiro atoms. The lowest BCUT2D eigenvalue weighted by atomic mass is 10.0. The average Bonchev–Trinajstić information content (AvgIpc) is 2.56. The number of benzene rings is 2. The van der Waals surface area contributed by atoms with Crippen LogP contribution in [-0.2, 0) is 9.59 Å². The van der Waals surface area contributed by atoms with Crippen LogP contribution in [0.4, 0.5) is 8.78 Å². The van der Waals surface area contributed by atoms with E-state index in [9.17, 15) is 18.4 Å². The summed E-state index contributed by atoms with van der Waals surface area (Å²) in [6.07, 6.45) is 0. The summed E-state index contributed by atoms with van der Waals surface area (Å²) in [5, 5.41) is 2.13. The standard InChI is InChI=1S/C17H16F2N2O2S/c18-13-5-1-11(2-6-13)17(12-3-7-14(19)8-4-12)24-10-16(23)21-9-15(20)22/h1-8,17H,9-10H2,(H2,20,22)(H,21,23). The molecule has 0 aromatic heterocycles. The molecule has 126 valence electrons. The molecular formula is C17H16F2N2O2S. The summed E-state index contributed by atoms with van der Waals surface area (Å²) in [7, 11) is 0. The Morgan fingerprint density at radius 3 is 1.83 bits per heavy atom. The first-order chi connectivity index (χ1) is 11.5. The van der Waals surface area contributed by atoms with E-state index in [1.54, 1.807) is 24.3 Å². The van der Waals surface area contributed by atoms with Crippen LogP contribution < -0.4 is 11.1 Å². The fourth-order valence-electron chi connectivity index (χ4n) is 2.06. The van der Waals surface area contributed by atoms with Crippen LogP contribution in [0.3, 0.4) is 0 Å². The molecule has 0 radical (unpaired) electrons. The van der Waals surface area contributed by atoms with Gasteiger partial charge in [0.25, 0.3) is 0 Å². The lowest BCUT2D eigenvalue weighted by Gasteiger charge is -2.17. The van der Waals surface area contributed by atoms with E-state index in [1.165, 1.54) is 36.0 Å². The van der Waals surface area contributed by atoms with Gasteiger partial charge in [0.2, 0.25) is 11.8 Å². The molecular weight excluding hydrogens is 334 g/mol. The van der Waals surface area contributed by atoms with E-state index in [1.807, 2.05) is 0 Å². The molecule has 0 aliphatic rings. The fraction of sp³-hybridized carbons (Fsp3) is 0.176. The molecule has 0 atom stereocenters. The van der Waals surface area contributed by atoms with Crippen molar-refractivity contribution in [3.8, 4) is 0 Å². The van der Waals surface area contributed by atoms with Gasteiger partial charge < -0.3 is 11.1 Å². The smallest absolute Gasteiger partial charge is 0.236 e. The highest BCUT2D eigenvalue weighted by atomic mass is 32.2. The Kier molecular flexibility index (Phi) is 6.31. The van der Waals surface area contributed by atoms with Crippen molar-refractivity contribution in [2.75, 3.05) is 12.3 Å². The van der Waals surface area contributed by atoms with Crippen molar-refractivity contribution >= 4 is 23.6 Å². The van der Waals surface area contributed by atoms with E-state index in [0.29, 0.717) is 0 Å². The quantitative estimate of drug-likeness (QED) is 0.805. The lowest BCUT2D eigenvalue weighted by molar-refractivity contribution is -0.123. The molecule has 24 heavy (non-hydrogen) atoms. The zero-order chi connectivity index (χ0) is 17.5. The highest BCUT2D eigenvalue weighted by molar-refractivity contribution is 8.00. The summed E-state index contributed by atoms with van der Waals surface area (Å²) in [5.74, 6) is -1.61. The van der Waals surface area contributed by atoms with Gasteiger partial charge in [-0.05, 0) is 35.4 Å². The first kappa shape index (κ1) is 17.9. The van der Waals surface area contributed by atoms with Crippen molar-refractivity contribution in [2.45, 2.75) is 5.25 Å². The van der Waals surface area contributed by atoms with Crippen LogP contribution in [0.2, 0.25) is 0 Å². The molecule has 3 N–H and O–H groups in total. The van der Waals surface area contributed by atoms with Crippen LogP contribution in [0.5, 0.6) is 0 Å². The monoisotopic (exact) mass is 350 g/mol. The van der Waals surface area contributed by atoms with E-state index in [0.717, 1.165) is 11.1 Å². The Hall–Kier alpha value is -2.41. The topological polar surface area (TPSA) is 72.2 Å². The Morgan fingerprint density at radius 2 is 1.42 bits per heavy atom. The first-order valence-corrected chi connectivity index (χ1v) is 8.18. The maximum atomic E-state index is 13.1. The van der Waals surface area contributed by atoms with Gasteiger partial charge >= 0.3 is 0 Å². The van der Waals surface area contributed by atoms with Crippen molar-refractivity contribution in [2.24, 2.45) is 5.73 Å². The average molecular weight is 350 g/mol. The minimum atomic E-state index is -0.623. The van der Waals surface area contributed by atoms with Crippen LogP contribution in [0.15, 0.2) is 48.5 Å². The molecule has 0 saturated carbocycles. The van der Waals surface area contributed by atoms with Gasteiger partial charge in [0, 0.05) is 0 Å². The largest absolute Gasteiger partial charge is 0.368 e. The van der Waals surface area contributed by atoms with Gasteiger partial charge in [0.05, 0.1) is 17.5 Å². The number of carbonyl (C=O) groups is 2. The molecule has 0 saturated heterocycles. The molecule has 0 aliphatic heterocycles. The van der Waals surface area contributed by atoms with Crippen molar-refractivity contribution in [3.05, 3.63) is 71.3 Å². The highest BCUT2D eigenvalue weighted by Crippen LogP contribution is 2.35. The summed E-state index contributed by atoms with van der Waals surface area (Å²) in [6.45, 7) is -0.225. The number of hydrogen-bond acceptors (Lipinski definition) is 3. The van der Waals surface area contributed by atoms with E-state index >= 15 is 0 Å². The maximum absolute atomic E-state index is 13.1. The number of primary amides is 1. The molecule has 2 rings (SSSR count). The van der Waals surface area contributed by atoms with E-state index in [4.69, 9.17) is 5.73 Å². The molecule has 4 nitrogen and oxygen atoms in total. The number of thioether (sulfide) groups is 1. The maximum Gasteiger partial charge on any atom is 0.236 e. The normalized spacial score (nSPS) is 10.6. The zero-order valence-electron chi connectivity index (χ0n) is 12.7. The molecule has 0 unspecified atom stereocenters. The zero-order valence-corrected chi connectivity index (χ0v) is 13.5. The van der Waals surface area contributed by atoms with Gasteiger partial charge in [-0.1, -0.05) is 24.3 Å². The van der Waals surface area contributed by atoms with Crippen LogP contribution in [-0.4, -0.2) is 24.1 Å². The number of nitrogens with one attached hydrogen (secondary N) is 1. The Bertz CT molecular complexity index is 660. The number of nitrogens with two attached hydrogens (primary N) is 1.